The number of Topliss-reactive ketones (excluding diaryl/α,β-unsaturated/α-hetero) is 1. The first kappa shape index (κ1) is 38.3. The molecule has 0 fully saturated rings. The zero-order valence-electron chi connectivity index (χ0n) is 26.8. The minimum atomic E-state index is 0. The minimum absolute atomic E-state index is 0. The van der Waals surface area contributed by atoms with E-state index in [0.29, 0.717) is 30.3 Å². The molecule has 0 aliphatic rings. The van der Waals surface area contributed by atoms with Crippen molar-refractivity contribution in [1.82, 2.24) is 5.32 Å². The highest BCUT2D eigenvalue weighted by Gasteiger charge is 2.29. The van der Waals surface area contributed by atoms with Gasteiger partial charge in [0.1, 0.15) is 6.54 Å². The summed E-state index contributed by atoms with van der Waals surface area (Å²) in [6.45, 7) is 15.6. The van der Waals surface area contributed by atoms with E-state index in [1.165, 1.54) is 32.1 Å². The SMILES string of the molecule is CCCC[N+](CCC)(CCCCCCCCNCC(=O)Nc1c(C)cccc1C)CC(=O)Cc1c(C)cccc1Cl.[Br-]. The lowest BCUT2D eigenvalue weighted by Gasteiger charge is -2.38. The molecule has 5 nitrogen and oxygen atoms in total. The lowest BCUT2D eigenvalue weighted by Crippen LogP contribution is -3.00. The van der Waals surface area contributed by atoms with Crippen molar-refractivity contribution < 1.29 is 31.1 Å². The van der Waals surface area contributed by atoms with Gasteiger partial charge in [0.05, 0.1) is 26.2 Å². The Bertz CT molecular complexity index is 1050. The third kappa shape index (κ3) is 13.7. The van der Waals surface area contributed by atoms with Gasteiger partial charge in [-0.1, -0.05) is 81.5 Å². The average molecular weight is 665 g/mol. The van der Waals surface area contributed by atoms with E-state index in [0.717, 1.165) is 84.3 Å². The minimum Gasteiger partial charge on any atom is -1.00 e. The number of hydrogen-bond acceptors (Lipinski definition) is 3. The highest BCUT2D eigenvalue weighted by Crippen LogP contribution is 2.22. The Labute approximate surface area is 271 Å². The lowest BCUT2D eigenvalue weighted by atomic mass is 10.0. The smallest absolute Gasteiger partial charge is 0.238 e. The van der Waals surface area contributed by atoms with Crippen LogP contribution in [0.25, 0.3) is 0 Å². The first-order chi connectivity index (χ1) is 19.7. The van der Waals surface area contributed by atoms with E-state index in [9.17, 15) is 9.59 Å². The largest absolute Gasteiger partial charge is 1.00 e. The molecule has 236 valence electrons. The number of ketones is 1. The molecule has 1 amide bonds. The van der Waals surface area contributed by atoms with Crippen LogP contribution in [0.15, 0.2) is 36.4 Å². The third-order valence-electron chi connectivity index (χ3n) is 8.19. The summed E-state index contributed by atoms with van der Waals surface area (Å²) in [5.41, 5.74) is 5.20. The standard InChI is InChI=1S/C35H54ClN3O2.BrH/c1-6-8-23-39(22-7-2,27-31(40)25-32-28(3)17-16-20-33(32)36)24-14-12-10-9-11-13-21-37-26-34(41)38-35-29(4)18-15-19-30(35)5;/h15-20,37H,6-14,21-27H2,1-5H3;1H. The highest BCUT2D eigenvalue weighted by atomic mass is 79.9. The first-order valence-corrected chi connectivity index (χ1v) is 16.3. The molecule has 7 heteroatoms. The number of unbranched alkanes of at least 4 members (excludes halogenated alkanes) is 6. The summed E-state index contributed by atoms with van der Waals surface area (Å²) in [5, 5.41) is 7.03. The van der Waals surface area contributed by atoms with Crippen molar-refractivity contribution in [2.45, 2.75) is 98.8 Å². The van der Waals surface area contributed by atoms with E-state index in [4.69, 9.17) is 11.6 Å². The Morgan fingerprint density at radius 3 is 2.00 bits per heavy atom. The lowest BCUT2D eigenvalue weighted by molar-refractivity contribution is -0.921. The van der Waals surface area contributed by atoms with E-state index in [-0.39, 0.29) is 22.9 Å². The summed E-state index contributed by atoms with van der Waals surface area (Å²) >= 11 is 6.44. The van der Waals surface area contributed by atoms with Crippen LogP contribution in [-0.2, 0) is 16.0 Å². The second kappa shape index (κ2) is 21.1. The Morgan fingerprint density at radius 2 is 1.36 bits per heavy atom. The zero-order chi connectivity index (χ0) is 30.1. The molecule has 0 aliphatic carbocycles. The Hall–Kier alpha value is -1.73. The summed E-state index contributed by atoms with van der Waals surface area (Å²) < 4.78 is 0.917. The van der Waals surface area contributed by atoms with Crippen molar-refractivity contribution in [3.63, 3.8) is 0 Å². The van der Waals surface area contributed by atoms with Crippen molar-refractivity contribution in [2.24, 2.45) is 0 Å². The molecule has 1 unspecified atom stereocenters. The number of para-hydroxylation sites is 1. The van der Waals surface area contributed by atoms with Crippen LogP contribution in [0.2, 0.25) is 5.02 Å². The number of aryl methyl sites for hydroxylation is 3. The molecular weight excluding hydrogens is 610 g/mol. The van der Waals surface area contributed by atoms with Gasteiger partial charge in [-0.2, -0.15) is 0 Å². The van der Waals surface area contributed by atoms with Gasteiger partial charge in [0.15, 0.2) is 5.78 Å². The van der Waals surface area contributed by atoms with E-state index in [1.54, 1.807) is 0 Å². The molecule has 0 spiro atoms. The number of rotatable bonds is 21. The van der Waals surface area contributed by atoms with Crippen LogP contribution in [0.1, 0.15) is 93.9 Å². The Kier molecular flexibility index (Phi) is 19.2. The van der Waals surface area contributed by atoms with Crippen LogP contribution >= 0.6 is 11.6 Å². The predicted molar refractivity (Wildman–Crippen MR) is 175 cm³/mol. The van der Waals surface area contributed by atoms with Crippen LogP contribution < -0.4 is 27.6 Å². The molecule has 0 bridgehead atoms. The maximum atomic E-state index is 13.3. The van der Waals surface area contributed by atoms with Gasteiger partial charge in [0, 0.05) is 17.1 Å². The predicted octanol–water partition coefficient (Wildman–Crippen LogP) is 4.98. The van der Waals surface area contributed by atoms with Crippen LogP contribution in [0.3, 0.4) is 0 Å². The second-order valence-electron chi connectivity index (χ2n) is 11.9. The number of quaternary nitrogens is 1. The summed E-state index contributed by atoms with van der Waals surface area (Å²) in [6, 6.07) is 11.9. The van der Waals surface area contributed by atoms with E-state index < -0.39 is 0 Å². The Balaban J connectivity index is 0.00000882. The van der Waals surface area contributed by atoms with Crippen LogP contribution in [0, 0.1) is 20.8 Å². The van der Waals surface area contributed by atoms with Crippen molar-refractivity contribution in [1.29, 1.82) is 0 Å². The number of nitrogens with zero attached hydrogens (tertiary/aromatic N) is 1. The molecular formula is C35H55BrClN3O2. The number of anilines is 1. The number of halogens is 2. The molecule has 0 aromatic heterocycles. The quantitative estimate of drug-likeness (QED) is 0.146. The monoisotopic (exact) mass is 663 g/mol. The topological polar surface area (TPSA) is 58.2 Å². The number of carbonyl (C=O) groups excluding carboxylic acids is 2. The number of carbonyl (C=O) groups is 2. The molecule has 2 aromatic carbocycles. The number of benzene rings is 2. The fraction of sp³-hybridized carbons (Fsp3) is 0.600. The summed E-state index contributed by atoms with van der Waals surface area (Å²) in [7, 11) is 0. The van der Waals surface area contributed by atoms with Crippen molar-refractivity contribution in [2.75, 3.05) is 44.6 Å². The van der Waals surface area contributed by atoms with Gasteiger partial charge in [0.25, 0.3) is 0 Å². The van der Waals surface area contributed by atoms with E-state index >= 15 is 0 Å². The van der Waals surface area contributed by atoms with Gasteiger partial charge in [-0.25, -0.2) is 0 Å². The van der Waals surface area contributed by atoms with Crippen LogP contribution in [0.5, 0.6) is 0 Å². The van der Waals surface area contributed by atoms with Crippen LogP contribution in [0.4, 0.5) is 5.69 Å². The summed E-state index contributed by atoms with van der Waals surface area (Å²) in [6.07, 6.45) is 10.9. The summed E-state index contributed by atoms with van der Waals surface area (Å²) in [5.74, 6) is 0.320. The van der Waals surface area contributed by atoms with Gasteiger partial charge in [-0.15, -0.1) is 0 Å². The Morgan fingerprint density at radius 1 is 0.762 bits per heavy atom. The maximum Gasteiger partial charge on any atom is 0.238 e. The molecule has 0 saturated carbocycles. The van der Waals surface area contributed by atoms with Crippen molar-refractivity contribution >= 4 is 29.0 Å². The molecule has 42 heavy (non-hydrogen) atoms. The van der Waals surface area contributed by atoms with Crippen molar-refractivity contribution in [3.8, 4) is 0 Å². The van der Waals surface area contributed by atoms with Gasteiger partial charge in [0.2, 0.25) is 5.91 Å². The van der Waals surface area contributed by atoms with Gasteiger partial charge >= 0.3 is 0 Å². The fourth-order valence-electron chi connectivity index (χ4n) is 5.86. The number of amides is 1. The van der Waals surface area contributed by atoms with Gasteiger partial charge in [-0.3, -0.25) is 9.59 Å². The van der Waals surface area contributed by atoms with Gasteiger partial charge in [-0.05, 0) is 87.7 Å². The fourth-order valence-corrected chi connectivity index (χ4v) is 6.15. The molecule has 2 N–H and O–H groups in total. The molecule has 0 radical (unpaired) electrons. The normalized spacial score (nSPS) is 12.4. The molecule has 0 saturated heterocycles. The van der Waals surface area contributed by atoms with Crippen LogP contribution in [-0.4, -0.2) is 55.4 Å². The molecule has 2 aromatic rings. The molecule has 0 heterocycles. The maximum absolute atomic E-state index is 13.3. The second-order valence-corrected chi connectivity index (χ2v) is 12.3. The van der Waals surface area contributed by atoms with Crippen molar-refractivity contribution in [3.05, 3.63) is 63.7 Å². The third-order valence-corrected chi connectivity index (χ3v) is 8.54. The van der Waals surface area contributed by atoms with E-state index in [1.807, 2.05) is 57.2 Å². The number of nitrogens with one attached hydrogen (secondary N) is 2. The average Bonchev–Trinajstić information content (AvgIpc) is 2.93. The summed E-state index contributed by atoms with van der Waals surface area (Å²) in [4.78, 5) is 25.6. The molecule has 1 atom stereocenters. The first-order valence-electron chi connectivity index (χ1n) is 15.9. The number of hydrogen-bond donors (Lipinski definition) is 2. The highest BCUT2D eigenvalue weighted by molar-refractivity contribution is 6.31. The molecule has 2 rings (SSSR count). The van der Waals surface area contributed by atoms with E-state index in [2.05, 4.69) is 24.5 Å². The van der Waals surface area contributed by atoms with Gasteiger partial charge < -0.3 is 32.1 Å². The zero-order valence-corrected chi connectivity index (χ0v) is 29.1. The molecule has 0 aliphatic heterocycles.